The summed E-state index contributed by atoms with van der Waals surface area (Å²) in [5.74, 6) is 0.105. The van der Waals surface area contributed by atoms with Gasteiger partial charge < -0.3 is 10.4 Å². The Bertz CT molecular complexity index is 410. The summed E-state index contributed by atoms with van der Waals surface area (Å²) in [5.41, 5.74) is 0.410. The van der Waals surface area contributed by atoms with Crippen LogP contribution >= 0.6 is 15.9 Å². The molecule has 1 aromatic carbocycles. The maximum atomic E-state index is 10.8. The number of hydrogen-bond donors (Lipinski definition) is 2. The second-order valence-corrected chi connectivity index (χ2v) is 5.03. The predicted molar refractivity (Wildman–Crippen MR) is 70.1 cm³/mol. The first-order chi connectivity index (χ1) is 7.91. The van der Waals surface area contributed by atoms with Crippen molar-refractivity contribution in [3.05, 3.63) is 32.8 Å². The lowest BCUT2D eigenvalue weighted by Crippen LogP contribution is -2.25. The van der Waals surface area contributed by atoms with Crippen LogP contribution in [0.15, 0.2) is 22.7 Å². The zero-order chi connectivity index (χ0) is 13.0. The summed E-state index contributed by atoms with van der Waals surface area (Å²) >= 11 is 3.26. The SMILES string of the molecule is CC(C)C(O)CNc1cc(Br)ccc1[N+](=O)[O-]. The van der Waals surface area contributed by atoms with Gasteiger partial charge in [0, 0.05) is 17.1 Å². The van der Waals surface area contributed by atoms with Crippen molar-refractivity contribution in [3.63, 3.8) is 0 Å². The van der Waals surface area contributed by atoms with Gasteiger partial charge in [-0.3, -0.25) is 10.1 Å². The Kier molecular flexibility index (Phi) is 4.89. The number of nitro groups is 1. The lowest BCUT2D eigenvalue weighted by molar-refractivity contribution is -0.384. The maximum Gasteiger partial charge on any atom is 0.292 e. The van der Waals surface area contributed by atoms with Gasteiger partial charge in [-0.15, -0.1) is 0 Å². The number of nitrogens with one attached hydrogen (secondary N) is 1. The molecule has 2 N–H and O–H groups in total. The summed E-state index contributed by atoms with van der Waals surface area (Å²) < 4.78 is 0.754. The third kappa shape index (κ3) is 3.98. The van der Waals surface area contributed by atoms with E-state index < -0.39 is 11.0 Å². The minimum Gasteiger partial charge on any atom is -0.391 e. The van der Waals surface area contributed by atoms with Crippen molar-refractivity contribution >= 4 is 27.3 Å². The highest BCUT2D eigenvalue weighted by Crippen LogP contribution is 2.27. The summed E-state index contributed by atoms with van der Waals surface area (Å²) in [5, 5.41) is 23.3. The Labute approximate surface area is 108 Å². The summed E-state index contributed by atoms with van der Waals surface area (Å²) in [4.78, 5) is 10.4. The Hall–Kier alpha value is -1.14. The fourth-order valence-corrected chi connectivity index (χ4v) is 1.62. The minimum atomic E-state index is -0.534. The van der Waals surface area contributed by atoms with Crippen LogP contribution in [0.4, 0.5) is 11.4 Å². The quantitative estimate of drug-likeness (QED) is 0.648. The van der Waals surface area contributed by atoms with Crippen LogP contribution in [0.5, 0.6) is 0 Å². The van der Waals surface area contributed by atoms with Crippen LogP contribution in [-0.2, 0) is 0 Å². The van der Waals surface area contributed by atoms with Gasteiger partial charge in [0.25, 0.3) is 5.69 Å². The number of nitrogens with zero attached hydrogens (tertiary/aromatic N) is 1. The number of nitro benzene ring substituents is 1. The number of benzene rings is 1. The first kappa shape index (κ1) is 13.9. The smallest absolute Gasteiger partial charge is 0.292 e. The van der Waals surface area contributed by atoms with Gasteiger partial charge in [-0.05, 0) is 18.1 Å². The number of anilines is 1. The van der Waals surface area contributed by atoms with Crippen molar-refractivity contribution < 1.29 is 10.0 Å². The van der Waals surface area contributed by atoms with Crippen molar-refractivity contribution in [1.82, 2.24) is 0 Å². The first-order valence-corrected chi connectivity index (χ1v) is 6.07. The fraction of sp³-hybridized carbons (Fsp3) is 0.455. The van der Waals surface area contributed by atoms with Crippen molar-refractivity contribution in [2.45, 2.75) is 20.0 Å². The average molecular weight is 303 g/mol. The lowest BCUT2D eigenvalue weighted by Gasteiger charge is -2.16. The first-order valence-electron chi connectivity index (χ1n) is 5.27. The third-order valence-electron chi connectivity index (χ3n) is 2.43. The van der Waals surface area contributed by atoms with E-state index in [9.17, 15) is 15.2 Å². The topological polar surface area (TPSA) is 75.4 Å². The van der Waals surface area contributed by atoms with Crippen molar-refractivity contribution in [2.24, 2.45) is 5.92 Å². The number of hydrogen-bond acceptors (Lipinski definition) is 4. The van der Waals surface area contributed by atoms with Crippen LogP contribution < -0.4 is 5.32 Å². The molecule has 1 unspecified atom stereocenters. The molecule has 0 amide bonds. The van der Waals surface area contributed by atoms with E-state index in [0.717, 1.165) is 4.47 Å². The fourth-order valence-electron chi connectivity index (χ4n) is 1.26. The second-order valence-electron chi connectivity index (χ2n) is 4.11. The molecule has 0 radical (unpaired) electrons. The molecule has 0 aliphatic carbocycles. The summed E-state index contributed by atoms with van der Waals surface area (Å²) in [6, 6.07) is 4.67. The molecule has 1 rings (SSSR count). The Morgan fingerprint density at radius 1 is 1.53 bits per heavy atom. The maximum absolute atomic E-state index is 10.8. The van der Waals surface area contributed by atoms with Gasteiger partial charge in [-0.1, -0.05) is 29.8 Å². The molecule has 6 heteroatoms. The average Bonchev–Trinajstić information content (AvgIpc) is 2.25. The molecule has 94 valence electrons. The molecule has 1 atom stereocenters. The van der Waals surface area contributed by atoms with Crippen LogP contribution in [-0.4, -0.2) is 22.7 Å². The van der Waals surface area contributed by atoms with E-state index in [1.54, 1.807) is 12.1 Å². The molecule has 0 aromatic heterocycles. The Balaban J connectivity index is 2.82. The van der Waals surface area contributed by atoms with Gasteiger partial charge in [0.15, 0.2) is 0 Å². The summed E-state index contributed by atoms with van der Waals surface area (Å²) in [6.07, 6.45) is -0.534. The number of aliphatic hydroxyl groups is 1. The van der Waals surface area contributed by atoms with E-state index in [4.69, 9.17) is 0 Å². The molecule has 0 aliphatic heterocycles. The molecule has 0 spiro atoms. The molecule has 0 bridgehead atoms. The van der Waals surface area contributed by atoms with Crippen LogP contribution in [0, 0.1) is 16.0 Å². The van der Waals surface area contributed by atoms with E-state index >= 15 is 0 Å². The molecule has 0 aliphatic rings. The summed E-state index contributed by atoms with van der Waals surface area (Å²) in [6.45, 7) is 4.07. The van der Waals surface area contributed by atoms with Gasteiger partial charge >= 0.3 is 0 Å². The van der Waals surface area contributed by atoms with Gasteiger partial charge in [-0.25, -0.2) is 0 Å². The van der Waals surface area contributed by atoms with Crippen LogP contribution in [0.2, 0.25) is 0 Å². The highest BCUT2D eigenvalue weighted by atomic mass is 79.9. The molecule has 5 nitrogen and oxygen atoms in total. The van der Waals surface area contributed by atoms with Gasteiger partial charge in [0.1, 0.15) is 5.69 Å². The Morgan fingerprint density at radius 3 is 2.71 bits per heavy atom. The van der Waals surface area contributed by atoms with E-state index in [-0.39, 0.29) is 18.2 Å². The minimum absolute atomic E-state index is 0.00385. The highest BCUT2D eigenvalue weighted by Gasteiger charge is 2.15. The predicted octanol–water partition coefficient (Wildman–Crippen LogP) is 2.79. The highest BCUT2D eigenvalue weighted by molar-refractivity contribution is 9.10. The van der Waals surface area contributed by atoms with E-state index in [0.29, 0.717) is 5.69 Å². The molecule has 1 aromatic rings. The van der Waals surface area contributed by atoms with Gasteiger partial charge in [0.05, 0.1) is 11.0 Å². The monoisotopic (exact) mass is 302 g/mol. The zero-order valence-electron chi connectivity index (χ0n) is 9.68. The summed E-state index contributed by atoms with van der Waals surface area (Å²) in [7, 11) is 0. The molecular weight excluding hydrogens is 288 g/mol. The van der Waals surface area contributed by atoms with Crippen molar-refractivity contribution in [2.75, 3.05) is 11.9 Å². The molecule has 0 saturated carbocycles. The molecule has 17 heavy (non-hydrogen) atoms. The third-order valence-corrected chi connectivity index (χ3v) is 2.92. The van der Waals surface area contributed by atoms with Crippen LogP contribution in [0.25, 0.3) is 0 Å². The molecule has 0 heterocycles. The number of aliphatic hydroxyl groups excluding tert-OH is 1. The molecule has 0 saturated heterocycles. The Morgan fingerprint density at radius 2 is 2.18 bits per heavy atom. The van der Waals surface area contributed by atoms with Crippen LogP contribution in [0.1, 0.15) is 13.8 Å². The zero-order valence-corrected chi connectivity index (χ0v) is 11.3. The van der Waals surface area contributed by atoms with E-state index in [1.807, 2.05) is 13.8 Å². The van der Waals surface area contributed by atoms with Gasteiger partial charge in [-0.2, -0.15) is 0 Å². The van der Waals surface area contributed by atoms with E-state index in [1.165, 1.54) is 6.07 Å². The normalized spacial score (nSPS) is 12.5. The van der Waals surface area contributed by atoms with E-state index in [2.05, 4.69) is 21.2 Å². The van der Waals surface area contributed by atoms with Gasteiger partial charge in [0.2, 0.25) is 0 Å². The second kappa shape index (κ2) is 5.97. The van der Waals surface area contributed by atoms with Crippen molar-refractivity contribution in [1.29, 1.82) is 0 Å². The lowest BCUT2D eigenvalue weighted by atomic mass is 10.1. The number of halogens is 1. The molecule has 0 fully saturated rings. The largest absolute Gasteiger partial charge is 0.391 e. The van der Waals surface area contributed by atoms with Crippen molar-refractivity contribution in [3.8, 4) is 0 Å². The standard InChI is InChI=1S/C11H15BrN2O3/c1-7(2)11(15)6-13-9-5-8(12)3-4-10(9)14(16)17/h3-5,7,11,13,15H,6H2,1-2H3. The molecular formula is C11H15BrN2O3. The number of rotatable bonds is 5. The van der Waals surface area contributed by atoms with Crippen LogP contribution in [0.3, 0.4) is 0 Å².